The molecule has 5 heteroatoms. The highest BCUT2D eigenvalue weighted by Crippen LogP contribution is 2.17. The van der Waals surface area contributed by atoms with E-state index in [1.54, 1.807) is 6.20 Å². The normalized spacial score (nSPS) is 12.2. The fourth-order valence-corrected chi connectivity index (χ4v) is 2.70. The van der Waals surface area contributed by atoms with Crippen LogP contribution in [-0.4, -0.2) is 22.5 Å². The topological polar surface area (TPSA) is 62.2 Å². The maximum Gasteiger partial charge on any atom is 0.263 e. The van der Waals surface area contributed by atoms with Crippen LogP contribution >= 0.6 is 11.3 Å². The molecule has 1 aromatic heterocycles. The summed E-state index contributed by atoms with van der Waals surface area (Å²) in [5.41, 5.74) is 1.85. The standard InChI is InChI=1S/C15H18N2O2S/c1-3-14-16-9-13(20-14)15(19)17-8-12(18)11-7-5-4-6-10(11)2/h4-7,9,12,18H,3,8H2,1-2H3,(H,17,19). The number of nitrogens with zero attached hydrogens (tertiary/aromatic N) is 1. The van der Waals surface area contributed by atoms with Gasteiger partial charge in [0.05, 0.1) is 17.3 Å². The Morgan fingerprint density at radius 3 is 2.85 bits per heavy atom. The van der Waals surface area contributed by atoms with E-state index in [4.69, 9.17) is 0 Å². The zero-order chi connectivity index (χ0) is 14.5. The van der Waals surface area contributed by atoms with Crippen molar-refractivity contribution < 1.29 is 9.90 Å². The summed E-state index contributed by atoms with van der Waals surface area (Å²) in [4.78, 5) is 16.7. The molecule has 0 fully saturated rings. The van der Waals surface area contributed by atoms with Crippen molar-refractivity contribution in [2.24, 2.45) is 0 Å². The van der Waals surface area contributed by atoms with Crippen molar-refractivity contribution in [2.75, 3.05) is 6.54 Å². The number of aryl methyl sites for hydroxylation is 2. The van der Waals surface area contributed by atoms with Gasteiger partial charge in [-0.15, -0.1) is 11.3 Å². The Hall–Kier alpha value is -1.72. The first-order chi connectivity index (χ1) is 9.61. The Labute approximate surface area is 122 Å². The average Bonchev–Trinajstić information content (AvgIpc) is 2.94. The maximum absolute atomic E-state index is 11.9. The molecule has 0 spiro atoms. The lowest BCUT2D eigenvalue weighted by Gasteiger charge is -2.14. The molecule has 2 aromatic rings. The number of carbonyl (C=O) groups excluding carboxylic acids is 1. The molecule has 2 rings (SSSR count). The number of carbonyl (C=O) groups is 1. The summed E-state index contributed by atoms with van der Waals surface area (Å²) in [6, 6.07) is 7.61. The molecule has 1 amide bonds. The van der Waals surface area contributed by atoms with Crippen LogP contribution in [0.5, 0.6) is 0 Å². The summed E-state index contributed by atoms with van der Waals surface area (Å²) in [6.07, 6.45) is 1.71. The van der Waals surface area contributed by atoms with Gasteiger partial charge >= 0.3 is 0 Å². The largest absolute Gasteiger partial charge is 0.387 e. The predicted octanol–water partition coefficient (Wildman–Crippen LogP) is 2.48. The fourth-order valence-electron chi connectivity index (χ4n) is 1.93. The van der Waals surface area contributed by atoms with Gasteiger partial charge in [-0.05, 0) is 24.5 Å². The van der Waals surface area contributed by atoms with Gasteiger partial charge in [0.25, 0.3) is 5.91 Å². The number of aliphatic hydroxyl groups is 1. The minimum atomic E-state index is -0.696. The quantitative estimate of drug-likeness (QED) is 0.889. The molecular weight excluding hydrogens is 272 g/mol. The predicted molar refractivity (Wildman–Crippen MR) is 80.0 cm³/mol. The zero-order valence-electron chi connectivity index (χ0n) is 11.6. The summed E-state index contributed by atoms with van der Waals surface area (Å²) in [6.45, 7) is 4.14. The molecule has 106 valence electrons. The molecule has 1 atom stereocenters. The van der Waals surface area contributed by atoms with Crippen molar-refractivity contribution in [3.05, 3.63) is 51.5 Å². The molecule has 0 saturated carbocycles. The minimum absolute atomic E-state index is 0.185. The smallest absolute Gasteiger partial charge is 0.263 e. The number of hydrogen-bond acceptors (Lipinski definition) is 4. The number of hydrogen-bond donors (Lipinski definition) is 2. The monoisotopic (exact) mass is 290 g/mol. The zero-order valence-corrected chi connectivity index (χ0v) is 12.4. The summed E-state index contributed by atoms with van der Waals surface area (Å²) >= 11 is 1.39. The second-order valence-corrected chi connectivity index (χ2v) is 5.67. The van der Waals surface area contributed by atoms with Crippen LogP contribution in [0.25, 0.3) is 0 Å². The molecule has 0 aliphatic rings. The van der Waals surface area contributed by atoms with Crippen LogP contribution in [-0.2, 0) is 6.42 Å². The Balaban J connectivity index is 1.95. The number of amides is 1. The third kappa shape index (κ3) is 3.43. The summed E-state index contributed by atoms with van der Waals surface area (Å²) in [5.74, 6) is -0.185. The van der Waals surface area contributed by atoms with Gasteiger partial charge in [-0.1, -0.05) is 31.2 Å². The van der Waals surface area contributed by atoms with E-state index in [0.717, 1.165) is 22.6 Å². The van der Waals surface area contributed by atoms with Crippen molar-refractivity contribution in [3.63, 3.8) is 0 Å². The highest BCUT2D eigenvalue weighted by atomic mass is 32.1. The molecular formula is C15H18N2O2S. The molecule has 0 aliphatic carbocycles. The molecule has 1 heterocycles. The Bertz CT molecular complexity index is 595. The van der Waals surface area contributed by atoms with Crippen LogP contribution in [0.2, 0.25) is 0 Å². The van der Waals surface area contributed by atoms with E-state index < -0.39 is 6.10 Å². The lowest BCUT2D eigenvalue weighted by molar-refractivity contribution is 0.0919. The van der Waals surface area contributed by atoms with Crippen LogP contribution in [0, 0.1) is 6.92 Å². The minimum Gasteiger partial charge on any atom is -0.387 e. The van der Waals surface area contributed by atoms with Crippen LogP contribution in [0.4, 0.5) is 0 Å². The van der Waals surface area contributed by atoms with E-state index in [2.05, 4.69) is 10.3 Å². The van der Waals surface area contributed by atoms with E-state index in [9.17, 15) is 9.90 Å². The molecule has 20 heavy (non-hydrogen) atoms. The van der Waals surface area contributed by atoms with E-state index >= 15 is 0 Å². The van der Waals surface area contributed by atoms with Crippen molar-refractivity contribution in [3.8, 4) is 0 Å². The van der Waals surface area contributed by atoms with Crippen molar-refractivity contribution >= 4 is 17.2 Å². The highest BCUT2D eigenvalue weighted by molar-refractivity contribution is 7.13. The first kappa shape index (κ1) is 14.7. The molecule has 0 bridgehead atoms. The first-order valence-corrected chi connectivity index (χ1v) is 7.40. The second kappa shape index (κ2) is 6.63. The number of nitrogens with one attached hydrogen (secondary N) is 1. The number of aromatic nitrogens is 1. The van der Waals surface area contributed by atoms with Gasteiger partial charge < -0.3 is 10.4 Å². The van der Waals surface area contributed by atoms with Gasteiger partial charge in [0, 0.05) is 6.54 Å². The lowest BCUT2D eigenvalue weighted by atomic mass is 10.0. The van der Waals surface area contributed by atoms with Gasteiger partial charge in [0.2, 0.25) is 0 Å². The van der Waals surface area contributed by atoms with Gasteiger partial charge in [-0.25, -0.2) is 4.98 Å². The fraction of sp³-hybridized carbons (Fsp3) is 0.333. The molecule has 2 N–H and O–H groups in total. The number of thiazole rings is 1. The van der Waals surface area contributed by atoms with Crippen molar-refractivity contribution in [1.29, 1.82) is 0 Å². The van der Waals surface area contributed by atoms with Gasteiger partial charge in [-0.2, -0.15) is 0 Å². The second-order valence-electron chi connectivity index (χ2n) is 4.55. The molecule has 0 aliphatic heterocycles. The number of rotatable bonds is 5. The molecule has 0 radical (unpaired) electrons. The van der Waals surface area contributed by atoms with Crippen LogP contribution in [0.3, 0.4) is 0 Å². The van der Waals surface area contributed by atoms with Gasteiger partial charge in [0.15, 0.2) is 0 Å². The van der Waals surface area contributed by atoms with Gasteiger partial charge in [-0.3, -0.25) is 4.79 Å². The summed E-state index contributed by atoms with van der Waals surface area (Å²) in [7, 11) is 0. The van der Waals surface area contributed by atoms with E-state index in [-0.39, 0.29) is 12.5 Å². The Morgan fingerprint density at radius 1 is 1.45 bits per heavy atom. The van der Waals surface area contributed by atoms with Crippen molar-refractivity contribution in [2.45, 2.75) is 26.4 Å². The maximum atomic E-state index is 11.9. The molecule has 4 nitrogen and oxygen atoms in total. The molecule has 0 saturated heterocycles. The SMILES string of the molecule is CCc1ncc(C(=O)NCC(O)c2ccccc2C)s1. The van der Waals surface area contributed by atoms with Crippen LogP contribution in [0.1, 0.15) is 38.8 Å². The van der Waals surface area contributed by atoms with Gasteiger partial charge in [0.1, 0.15) is 4.88 Å². The third-order valence-electron chi connectivity index (χ3n) is 3.08. The first-order valence-electron chi connectivity index (χ1n) is 6.58. The summed E-state index contributed by atoms with van der Waals surface area (Å²) in [5, 5.41) is 13.8. The van der Waals surface area contributed by atoms with Crippen LogP contribution in [0.15, 0.2) is 30.5 Å². The molecule has 1 unspecified atom stereocenters. The van der Waals surface area contributed by atoms with Crippen LogP contribution < -0.4 is 5.32 Å². The lowest BCUT2D eigenvalue weighted by Crippen LogP contribution is -2.28. The Kier molecular flexibility index (Phi) is 4.87. The number of benzene rings is 1. The summed E-state index contributed by atoms with van der Waals surface area (Å²) < 4.78 is 0. The third-order valence-corrected chi connectivity index (χ3v) is 4.22. The average molecular weight is 290 g/mol. The van der Waals surface area contributed by atoms with Crippen molar-refractivity contribution in [1.82, 2.24) is 10.3 Å². The van der Waals surface area contributed by atoms with E-state index in [0.29, 0.717) is 4.88 Å². The molecule has 1 aromatic carbocycles. The van der Waals surface area contributed by atoms with E-state index in [1.807, 2.05) is 38.1 Å². The Morgan fingerprint density at radius 2 is 2.20 bits per heavy atom. The van der Waals surface area contributed by atoms with E-state index in [1.165, 1.54) is 11.3 Å². The number of aliphatic hydroxyl groups excluding tert-OH is 1. The highest BCUT2D eigenvalue weighted by Gasteiger charge is 2.14.